The van der Waals surface area contributed by atoms with Crippen LogP contribution in [-0.2, 0) is 20.3 Å². The highest BCUT2D eigenvalue weighted by Crippen LogP contribution is 2.66. The first-order valence-corrected chi connectivity index (χ1v) is 16.7. The van der Waals surface area contributed by atoms with Gasteiger partial charge in [-0.1, -0.05) is 6.07 Å². The van der Waals surface area contributed by atoms with E-state index in [1.54, 1.807) is 16.5 Å². The van der Waals surface area contributed by atoms with E-state index in [0.29, 0.717) is 18.6 Å². The predicted octanol–water partition coefficient (Wildman–Crippen LogP) is 7.33. The normalized spacial score (nSPS) is 45.3. The molecule has 8 aliphatic carbocycles. The molecule has 2 aromatic carbocycles. The Kier molecular flexibility index (Phi) is 4.99. The number of ether oxygens (including phenoxy) is 4. The summed E-state index contributed by atoms with van der Waals surface area (Å²) >= 11 is 0. The standard InChI is InChI=1S/C36H44O4/c1-3-32(40-20-28-18-38-28)34(36-14-24-8-25(15-36)10-26(9-24)16-36)33-29(1)31(39-19-27-17-37-27)4-2-30(33)35-11-21-5-22(12-35)7-23(6-21)13-35/h1-4,21-28H,5-20H2. The highest BCUT2D eigenvalue weighted by Gasteiger charge is 2.56. The molecule has 12 rings (SSSR count). The Morgan fingerprint density at radius 2 is 1.02 bits per heavy atom. The van der Waals surface area contributed by atoms with Gasteiger partial charge in [0.2, 0.25) is 0 Å². The molecule has 4 heteroatoms. The van der Waals surface area contributed by atoms with E-state index in [2.05, 4.69) is 24.3 Å². The van der Waals surface area contributed by atoms with Crippen molar-refractivity contribution in [3.8, 4) is 11.5 Å². The van der Waals surface area contributed by atoms with Crippen LogP contribution in [0.4, 0.5) is 0 Å². The van der Waals surface area contributed by atoms with E-state index in [4.69, 9.17) is 18.9 Å². The third kappa shape index (κ3) is 3.70. The molecule has 40 heavy (non-hydrogen) atoms. The second kappa shape index (κ2) is 8.40. The molecule has 0 radical (unpaired) electrons. The molecule has 2 atom stereocenters. The van der Waals surface area contributed by atoms with Gasteiger partial charge in [0.05, 0.1) is 13.2 Å². The number of epoxide rings is 2. The molecule has 8 bridgehead atoms. The molecule has 10 aliphatic rings. The van der Waals surface area contributed by atoms with Crippen LogP contribution in [0.1, 0.15) is 88.2 Å². The molecule has 2 saturated heterocycles. The minimum atomic E-state index is 0.253. The largest absolute Gasteiger partial charge is 0.490 e. The summed E-state index contributed by atoms with van der Waals surface area (Å²) in [6, 6.07) is 9.55. The van der Waals surface area contributed by atoms with Crippen LogP contribution in [0.3, 0.4) is 0 Å². The van der Waals surface area contributed by atoms with Crippen LogP contribution in [-0.4, -0.2) is 38.6 Å². The van der Waals surface area contributed by atoms with Crippen molar-refractivity contribution in [3.63, 3.8) is 0 Å². The Bertz CT molecular complexity index is 1280. The molecule has 2 aromatic rings. The van der Waals surface area contributed by atoms with Gasteiger partial charge < -0.3 is 18.9 Å². The monoisotopic (exact) mass is 540 g/mol. The Morgan fingerprint density at radius 1 is 0.575 bits per heavy atom. The van der Waals surface area contributed by atoms with E-state index >= 15 is 0 Å². The summed E-state index contributed by atoms with van der Waals surface area (Å²) in [6.45, 7) is 3.03. The smallest absolute Gasteiger partial charge is 0.127 e. The zero-order chi connectivity index (χ0) is 26.1. The molecule has 0 amide bonds. The summed E-state index contributed by atoms with van der Waals surface area (Å²) in [5, 5.41) is 2.89. The highest BCUT2D eigenvalue weighted by molar-refractivity contribution is 5.97. The molecular formula is C36H44O4. The first-order valence-electron chi connectivity index (χ1n) is 16.7. The summed E-state index contributed by atoms with van der Waals surface area (Å²) in [7, 11) is 0. The topological polar surface area (TPSA) is 43.5 Å². The Hall–Kier alpha value is -1.78. The second-order valence-electron chi connectivity index (χ2n) is 15.9. The maximum absolute atomic E-state index is 6.79. The van der Waals surface area contributed by atoms with E-state index in [9.17, 15) is 0 Å². The van der Waals surface area contributed by atoms with Gasteiger partial charge in [-0.05, 0) is 147 Å². The summed E-state index contributed by atoms with van der Waals surface area (Å²) in [4.78, 5) is 0. The number of fused-ring (bicyclic) bond motifs is 1. The van der Waals surface area contributed by atoms with E-state index < -0.39 is 0 Å². The van der Waals surface area contributed by atoms with E-state index in [0.717, 1.165) is 54.5 Å². The molecule has 8 saturated carbocycles. The molecular weight excluding hydrogens is 496 g/mol. The fraction of sp³-hybridized carbons (Fsp3) is 0.722. The van der Waals surface area contributed by atoms with E-state index in [-0.39, 0.29) is 17.6 Å². The van der Waals surface area contributed by atoms with Gasteiger partial charge in [-0.25, -0.2) is 0 Å². The molecule has 2 heterocycles. The van der Waals surface area contributed by atoms with Gasteiger partial charge in [0, 0.05) is 16.4 Å². The number of rotatable bonds is 8. The maximum Gasteiger partial charge on any atom is 0.127 e. The lowest BCUT2D eigenvalue weighted by atomic mass is 9.46. The Morgan fingerprint density at radius 3 is 1.52 bits per heavy atom. The lowest BCUT2D eigenvalue weighted by Crippen LogP contribution is -2.50. The molecule has 0 spiro atoms. The molecule has 2 aliphatic heterocycles. The van der Waals surface area contributed by atoms with Gasteiger partial charge in [-0.3, -0.25) is 0 Å². The lowest BCUT2D eigenvalue weighted by molar-refractivity contribution is -0.00754. The van der Waals surface area contributed by atoms with Crippen molar-refractivity contribution >= 4 is 10.8 Å². The van der Waals surface area contributed by atoms with Crippen molar-refractivity contribution < 1.29 is 18.9 Å². The third-order valence-electron chi connectivity index (χ3n) is 12.9. The zero-order valence-corrected chi connectivity index (χ0v) is 23.9. The van der Waals surface area contributed by atoms with Gasteiger partial charge in [-0.15, -0.1) is 0 Å². The lowest BCUT2D eigenvalue weighted by Gasteiger charge is -2.59. The van der Waals surface area contributed by atoms with Gasteiger partial charge >= 0.3 is 0 Å². The molecule has 212 valence electrons. The fourth-order valence-electron chi connectivity index (χ4n) is 12.2. The molecule has 10 fully saturated rings. The van der Waals surface area contributed by atoms with Crippen molar-refractivity contribution in [1.29, 1.82) is 0 Å². The molecule has 2 unspecified atom stereocenters. The quantitative estimate of drug-likeness (QED) is 0.329. The van der Waals surface area contributed by atoms with E-state index in [1.807, 2.05) is 0 Å². The minimum Gasteiger partial charge on any atom is -0.490 e. The van der Waals surface area contributed by atoms with Crippen LogP contribution in [0.2, 0.25) is 0 Å². The maximum atomic E-state index is 6.79. The van der Waals surface area contributed by atoms with Crippen LogP contribution in [0.5, 0.6) is 11.5 Å². The van der Waals surface area contributed by atoms with Crippen molar-refractivity contribution in [2.75, 3.05) is 26.4 Å². The van der Waals surface area contributed by atoms with Crippen molar-refractivity contribution in [2.24, 2.45) is 35.5 Å². The second-order valence-corrected chi connectivity index (χ2v) is 15.9. The van der Waals surface area contributed by atoms with E-state index in [1.165, 1.54) is 88.2 Å². The van der Waals surface area contributed by atoms with Crippen LogP contribution in [0.15, 0.2) is 24.3 Å². The number of hydrogen-bond acceptors (Lipinski definition) is 4. The van der Waals surface area contributed by atoms with Gasteiger partial charge in [-0.2, -0.15) is 0 Å². The van der Waals surface area contributed by atoms with Crippen molar-refractivity contribution in [3.05, 3.63) is 35.4 Å². The highest BCUT2D eigenvalue weighted by atomic mass is 16.6. The number of hydrogen-bond donors (Lipinski definition) is 0. The fourth-order valence-corrected chi connectivity index (χ4v) is 12.2. The van der Waals surface area contributed by atoms with Crippen LogP contribution < -0.4 is 9.47 Å². The predicted molar refractivity (Wildman–Crippen MR) is 154 cm³/mol. The summed E-state index contributed by atoms with van der Waals surface area (Å²) in [5.41, 5.74) is 3.84. The average Bonchev–Trinajstić information content (AvgIpc) is 3.84. The summed E-state index contributed by atoms with van der Waals surface area (Å²) in [6.07, 6.45) is 17.6. The van der Waals surface area contributed by atoms with Crippen molar-refractivity contribution in [2.45, 2.75) is 100 Å². The van der Waals surface area contributed by atoms with Crippen LogP contribution in [0, 0.1) is 35.5 Å². The Balaban J connectivity index is 1.20. The number of benzene rings is 2. The summed E-state index contributed by atoms with van der Waals surface area (Å²) in [5.74, 6) is 7.71. The summed E-state index contributed by atoms with van der Waals surface area (Å²) < 4.78 is 24.5. The van der Waals surface area contributed by atoms with Crippen molar-refractivity contribution in [1.82, 2.24) is 0 Å². The SMILES string of the molecule is c1cc2c(OCC3CO3)ccc(C34CC5CC(CC(C5)C3)C4)c2c(C23CC4CC(CC(C4)C2)C3)c1OCC1CO1. The average molecular weight is 541 g/mol. The van der Waals surface area contributed by atoms with Gasteiger partial charge in [0.25, 0.3) is 0 Å². The first-order chi connectivity index (χ1) is 19.6. The van der Waals surface area contributed by atoms with Gasteiger partial charge in [0.15, 0.2) is 0 Å². The third-order valence-corrected chi connectivity index (χ3v) is 12.9. The molecule has 0 aromatic heterocycles. The van der Waals surface area contributed by atoms with Crippen LogP contribution in [0.25, 0.3) is 10.8 Å². The zero-order valence-electron chi connectivity index (χ0n) is 23.9. The minimum absolute atomic E-state index is 0.253. The van der Waals surface area contributed by atoms with Gasteiger partial charge in [0.1, 0.15) is 36.9 Å². The van der Waals surface area contributed by atoms with Crippen LogP contribution >= 0.6 is 0 Å². The Labute approximate surface area is 238 Å². The molecule has 4 nitrogen and oxygen atoms in total. The molecule has 0 N–H and O–H groups in total. The first kappa shape index (κ1) is 23.7.